The van der Waals surface area contributed by atoms with Gasteiger partial charge in [-0.25, -0.2) is 8.42 Å². The van der Waals surface area contributed by atoms with Gasteiger partial charge in [0.1, 0.15) is 0 Å². The lowest BCUT2D eigenvalue weighted by molar-refractivity contribution is -0.128. The van der Waals surface area contributed by atoms with E-state index in [1.165, 1.54) is 10.4 Å². The van der Waals surface area contributed by atoms with Crippen LogP contribution in [-0.2, 0) is 19.6 Å². The highest BCUT2D eigenvalue weighted by Crippen LogP contribution is 2.23. The van der Waals surface area contributed by atoms with Crippen molar-refractivity contribution < 1.29 is 18.0 Å². The largest absolute Gasteiger partial charge is 0.355 e. The second-order valence-electron chi connectivity index (χ2n) is 7.37. The number of benzene rings is 1. The molecule has 2 N–H and O–H groups in total. The van der Waals surface area contributed by atoms with Crippen LogP contribution in [0.2, 0.25) is 0 Å². The van der Waals surface area contributed by atoms with Crippen LogP contribution < -0.4 is 10.6 Å². The fourth-order valence-corrected chi connectivity index (χ4v) is 4.15. The average Bonchev–Trinajstić information content (AvgIpc) is 2.56. The fourth-order valence-electron chi connectivity index (χ4n) is 2.44. The Balaban J connectivity index is 2.83. The van der Waals surface area contributed by atoms with Crippen molar-refractivity contribution >= 4 is 27.5 Å². The molecule has 0 aliphatic heterocycles. The zero-order valence-corrected chi connectivity index (χ0v) is 17.9. The van der Waals surface area contributed by atoms with Gasteiger partial charge in [-0.1, -0.05) is 40.7 Å². The molecule has 0 saturated carbocycles. The molecule has 8 heteroatoms. The molecule has 0 heterocycles. The lowest BCUT2D eigenvalue weighted by Crippen LogP contribution is -2.36. The van der Waals surface area contributed by atoms with Gasteiger partial charge < -0.3 is 10.6 Å². The van der Waals surface area contributed by atoms with Gasteiger partial charge in [-0.2, -0.15) is 4.31 Å². The highest BCUT2D eigenvalue weighted by atomic mass is 32.2. The molecule has 0 fully saturated rings. The number of amides is 2. The van der Waals surface area contributed by atoms with Gasteiger partial charge >= 0.3 is 0 Å². The van der Waals surface area contributed by atoms with E-state index < -0.39 is 15.4 Å². The molecule has 0 aromatic heterocycles. The molecule has 0 saturated heterocycles. The lowest BCUT2D eigenvalue weighted by Gasteiger charge is -2.20. The number of nitrogens with one attached hydrogen (secondary N) is 2. The molecule has 0 atom stereocenters. The maximum Gasteiger partial charge on any atom is 0.243 e. The minimum absolute atomic E-state index is 0.105. The van der Waals surface area contributed by atoms with E-state index in [9.17, 15) is 18.0 Å². The van der Waals surface area contributed by atoms with E-state index >= 15 is 0 Å². The predicted molar refractivity (Wildman–Crippen MR) is 107 cm³/mol. The number of carbonyl (C=O) groups excluding carboxylic acids is 2. The van der Waals surface area contributed by atoms with E-state index in [4.69, 9.17) is 0 Å². The SMILES string of the molecule is CCN(CC)S(=O)(=O)c1cc(NC(=O)CCNC(=O)C(C)(C)C)ccc1C. The summed E-state index contributed by atoms with van der Waals surface area (Å²) in [5, 5.41) is 5.41. The highest BCUT2D eigenvalue weighted by Gasteiger charge is 2.24. The Morgan fingerprint density at radius 3 is 2.22 bits per heavy atom. The summed E-state index contributed by atoms with van der Waals surface area (Å²) in [5.74, 6) is -0.419. The Morgan fingerprint density at radius 2 is 1.70 bits per heavy atom. The van der Waals surface area contributed by atoms with Gasteiger partial charge in [0.2, 0.25) is 21.8 Å². The van der Waals surface area contributed by atoms with Crippen molar-refractivity contribution in [2.75, 3.05) is 25.0 Å². The number of anilines is 1. The number of rotatable bonds is 8. The van der Waals surface area contributed by atoms with Gasteiger partial charge in [0.25, 0.3) is 0 Å². The Hall–Kier alpha value is -1.93. The maximum absolute atomic E-state index is 12.8. The molecule has 0 aliphatic carbocycles. The monoisotopic (exact) mass is 397 g/mol. The molecule has 0 spiro atoms. The number of hydrogen-bond acceptors (Lipinski definition) is 4. The van der Waals surface area contributed by atoms with Gasteiger partial charge in [0.15, 0.2) is 0 Å². The van der Waals surface area contributed by atoms with Gasteiger partial charge in [0.05, 0.1) is 4.90 Å². The lowest BCUT2D eigenvalue weighted by atomic mass is 9.96. The van der Waals surface area contributed by atoms with Crippen LogP contribution in [0.1, 0.15) is 46.6 Å². The van der Waals surface area contributed by atoms with Crippen molar-refractivity contribution in [3.8, 4) is 0 Å². The molecule has 7 nitrogen and oxygen atoms in total. The van der Waals surface area contributed by atoms with Crippen LogP contribution in [-0.4, -0.2) is 44.2 Å². The maximum atomic E-state index is 12.8. The van der Waals surface area contributed by atoms with E-state index in [-0.39, 0.29) is 29.7 Å². The first-order chi connectivity index (χ1) is 12.4. The van der Waals surface area contributed by atoms with E-state index in [0.29, 0.717) is 24.3 Å². The third kappa shape index (κ3) is 6.32. The molecule has 2 amide bonds. The van der Waals surface area contributed by atoms with Gasteiger partial charge in [0, 0.05) is 37.2 Å². The summed E-state index contributed by atoms with van der Waals surface area (Å²) in [7, 11) is -3.61. The topological polar surface area (TPSA) is 95.6 Å². The van der Waals surface area contributed by atoms with E-state index in [1.54, 1.807) is 53.7 Å². The van der Waals surface area contributed by atoms with E-state index in [1.807, 2.05) is 0 Å². The summed E-state index contributed by atoms with van der Waals surface area (Å²) in [6, 6.07) is 4.82. The molecule has 0 unspecified atom stereocenters. The number of aryl methyl sites for hydroxylation is 1. The molecule has 152 valence electrons. The molecule has 1 aromatic rings. The summed E-state index contributed by atoms with van der Waals surface area (Å²) in [6.07, 6.45) is 0.105. The van der Waals surface area contributed by atoms with Crippen molar-refractivity contribution in [1.29, 1.82) is 0 Å². The predicted octanol–water partition coefficient (Wildman–Crippen LogP) is 2.52. The van der Waals surface area contributed by atoms with Crippen molar-refractivity contribution in [1.82, 2.24) is 9.62 Å². The quantitative estimate of drug-likeness (QED) is 0.704. The third-order valence-electron chi connectivity index (χ3n) is 4.11. The van der Waals surface area contributed by atoms with Crippen molar-refractivity contribution in [3.63, 3.8) is 0 Å². The molecular formula is C19H31N3O4S. The van der Waals surface area contributed by atoms with E-state index in [2.05, 4.69) is 10.6 Å². The smallest absolute Gasteiger partial charge is 0.243 e. The molecule has 1 aromatic carbocycles. The first-order valence-electron chi connectivity index (χ1n) is 9.12. The molecule has 0 bridgehead atoms. The first kappa shape index (κ1) is 23.1. The number of hydrogen-bond donors (Lipinski definition) is 2. The normalized spacial score (nSPS) is 12.1. The van der Waals surface area contributed by atoms with Gasteiger partial charge in [-0.05, 0) is 24.6 Å². The van der Waals surface area contributed by atoms with Crippen LogP contribution in [0.4, 0.5) is 5.69 Å². The van der Waals surface area contributed by atoms with Crippen molar-refractivity contribution in [2.24, 2.45) is 5.41 Å². The third-order valence-corrected chi connectivity index (χ3v) is 6.31. The zero-order chi connectivity index (χ0) is 20.8. The number of sulfonamides is 1. The van der Waals surface area contributed by atoms with Crippen molar-refractivity contribution in [2.45, 2.75) is 52.9 Å². The van der Waals surface area contributed by atoms with Crippen LogP contribution in [0.5, 0.6) is 0 Å². The molecular weight excluding hydrogens is 366 g/mol. The molecule has 27 heavy (non-hydrogen) atoms. The van der Waals surface area contributed by atoms with Gasteiger partial charge in [-0.3, -0.25) is 9.59 Å². The zero-order valence-electron chi connectivity index (χ0n) is 17.0. The summed E-state index contributed by atoms with van der Waals surface area (Å²) in [6.45, 7) is 11.7. The number of nitrogens with zero attached hydrogens (tertiary/aromatic N) is 1. The standard InChI is InChI=1S/C19H31N3O4S/c1-7-22(8-2)27(25,26)16-13-15(10-9-14(16)3)21-17(23)11-12-20-18(24)19(4,5)6/h9-10,13H,7-8,11-12H2,1-6H3,(H,20,24)(H,21,23). The van der Waals surface area contributed by atoms with Crippen LogP contribution >= 0.6 is 0 Å². The van der Waals surface area contributed by atoms with Gasteiger partial charge in [-0.15, -0.1) is 0 Å². The van der Waals surface area contributed by atoms with Crippen LogP contribution in [0.25, 0.3) is 0 Å². The minimum Gasteiger partial charge on any atom is -0.355 e. The summed E-state index contributed by atoms with van der Waals surface area (Å²) >= 11 is 0. The van der Waals surface area contributed by atoms with Crippen LogP contribution in [0, 0.1) is 12.3 Å². The molecule has 1 rings (SSSR count). The summed E-state index contributed by atoms with van der Waals surface area (Å²) < 4.78 is 26.9. The van der Waals surface area contributed by atoms with Crippen LogP contribution in [0.15, 0.2) is 23.1 Å². The second kappa shape index (κ2) is 9.32. The Kier molecular flexibility index (Phi) is 7.98. The Morgan fingerprint density at radius 1 is 1.11 bits per heavy atom. The summed E-state index contributed by atoms with van der Waals surface area (Å²) in [5.41, 5.74) is 0.525. The minimum atomic E-state index is -3.61. The molecule has 0 radical (unpaired) electrons. The van der Waals surface area contributed by atoms with Crippen molar-refractivity contribution in [3.05, 3.63) is 23.8 Å². The number of carbonyl (C=O) groups is 2. The molecule has 0 aliphatic rings. The average molecular weight is 398 g/mol. The second-order valence-corrected chi connectivity index (χ2v) is 9.28. The first-order valence-corrected chi connectivity index (χ1v) is 10.6. The fraction of sp³-hybridized carbons (Fsp3) is 0.579. The van der Waals surface area contributed by atoms with E-state index in [0.717, 1.165) is 0 Å². The Bertz CT molecular complexity index is 779. The highest BCUT2D eigenvalue weighted by molar-refractivity contribution is 7.89. The Labute approximate surface area is 162 Å². The summed E-state index contributed by atoms with van der Waals surface area (Å²) in [4.78, 5) is 24.1. The van der Waals surface area contributed by atoms with Crippen LogP contribution in [0.3, 0.4) is 0 Å².